The predicted octanol–water partition coefficient (Wildman–Crippen LogP) is 6.29. The summed E-state index contributed by atoms with van der Waals surface area (Å²) in [4.78, 5) is 40.0. The van der Waals surface area contributed by atoms with Gasteiger partial charge in [-0.1, -0.05) is 98.3 Å². The molecule has 0 aliphatic heterocycles. The van der Waals surface area contributed by atoms with E-state index < -0.39 is 17.5 Å². The van der Waals surface area contributed by atoms with Crippen LogP contribution in [0.25, 0.3) is 21.5 Å². The van der Waals surface area contributed by atoms with Crippen molar-refractivity contribution in [2.45, 2.75) is 32.1 Å². The van der Waals surface area contributed by atoms with Crippen molar-refractivity contribution in [3.05, 3.63) is 96.1 Å². The van der Waals surface area contributed by atoms with Crippen molar-refractivity contribution >= 4 is 38.9 Å². The van der Waals surface area contributed by atoms with Gasteiger partial charge in [-0.05, 0) is 33.5 Å². The lowest BCUT2D eigenvalue weighted by Crippen LogP contribution is -2.29. The van der Waals surface area contributed by atoms with Gasteiger partial charge in [0.25, 0.3) is 0 Å². The lowest BCUT2D eigenvalue weighted by Gasteiger charge is -2.18. The van der Waals surface area contributed by atoms with Crippen LogP contribution in [0.1, 0.15) is 48.0 Å². The molecular formula is C28H24O3. The first-order valence-electron chi connectivity index (χ1n) is 10.7. The van der Waals surface area contributed by atoms with Gasteiger partial charge < -0.3 is 0 Å². The number of carbonyl (C=O) groups excluding carboxylic acids is 3. The Kier molecular flexibility index (Phi) is 6.03. The van der Waals surface area contributed by atoms with Crippen molar-refractivity contribution in [2.75, 3.05) is 0 Å². The number of hydrogen-bond donors (Lipinski definition) is 0. The van der Waals surface area contributed by atoms with E-state index in [1.54, 1.807) is 12.1 Å². The van der Waals surface area contributed by atoms with Crippen LogP contribution in [0.5, 0.6) is 0 Å². The normalized spacial score (nSPS) is 12.0. The summed E-state index contributed by atoms with van der Waals surface area (Å²) in [5.74, 6) is -2.58. The Balaban J connectivity index is 1.89. The smallest absolute Gasteiger partial charge is 0.213 e. The van der Waals surface area contributed by atoms with Gasteiger partial charge in [0.2, 0.25) is 5.78 Å². The maximum atomic E-state index is 13.8. The third-order valence-electron chi connectivity index (χ3n) is 5.75. The fourth-order valence-electron chi connectivity index (χ4n) is 4.12. The van der Waals surface area contributed by atoms with Gasteiger partial charge in [-0.25, -0.2) is 0 Å². The summed E-state index contributed by atoms with van der Waals surface area (Å²) in [5, 5.41) is 3.47. The molecule has 4 rings (SSSR count). The Morgan fingerprint density at radius 2 is 1.29 bits per heavy atom. The van der Waals surface area contributed by atoms with Gasteiger partial charge in [0, 0.05) is 12.0 Å². The molecule has 154 valence electrons. The lowest BCUT2D eigenvalue weighted by atomic mass is 9.81. The van der Waals surface area contributed by atoms with E-state index in [4.69, 9.17) is 0 Å². The molecule has 1 atom stereocenters. The van der Waals surface area contributed by atoms with Gasteiger partial charge >= 0.3 is 0 Å². The molecule has 0 aliphatic rings. The second kappa shape index (κ2) is 9.05. The van der Waals surface area contributed by atoms with Gasteiger partial charge in [0.15, 0.2) is 11.6 Å². The summed E-state index contributed by atoms with van der Waals surface area (Å²) in [5.41, 5.74) is 1.05. The van der Waals surface area contributed by atoms with Crippen LogP contribution in [0, 0.1) is 0 Å². The molecule has 0 radical (unpaired) electrons. The molecule has 0 aromatic heterocycles. The third kappa shape index (κ3) is 4.04. The number of Topliss-reactive ketones (excluding diaryl/α,β-unsaturated/α-hetero) is 3. The van der Waals surface area contributed by atoms with E-state index in [2.05, 4.69) is 0 Å². The number of hydrogen-bond acceptors (Lipinski definition) is 3. The quantitative estimate of drug-likeness (QED) is 0.196. The second-order valence-corrected chi connectivity index (χ2v) is 7.78. The van der Waals surface area contributed by atoms with E-state index >= 15 is 0 Å². The summed E-state index contributed by atoms with van der Waals surface area (Å²) in [6, 6.07) is 26.3. The molecule has 0 bridgehead atoms. The van der Waals surface area contributed by atoms with Crippen LogP contribution in [-0.2, 0) is 9.59 Å². The SMILES string of the molecule is CCCCC(=O)C(=O)C(C(=O)c1cccc2ccccc12)c1cccc2ccccc12. The highest BCUT2D eigenvalue weighted by atomic mass is 16.2. The largest absolute Gasteiger partial charge is 0.293 e. The molecule has 0 heterocycles. The molecular weight excluding hydrogens is 384 g/mol. The van der Waals surface area contributed by atoms with Crippen LogP contribution in [0.4, 0.5) is 0 Å². The average Bonchev–Trinajstić information content (AvgIpc) is 2.82. The fourth-order valence-corrected chi connectivity index (χ4v) is 4.12. The molecule has 0 amide bonds. The summed E-state index contributed by atoms with van der Waals surface area (Å²) < 4.78 is 0. The maximum Gasteiger partial charge on any atom is 0.213 e. The van der Waals surface area contributed by atoms with E-state index in [0.717, 1.165) is 28.0 Å². The van der Waals surface area contributed by atoms with E-state index in [1.807, 2.05) is 79.7 Å². The number of unbranched alkanes of at least 4 members (excludes halogenated alkanes) is 1. The Hall–Kier alpha value is -3.59. The molecule has 0 spiro atoms. The highest BCUT2D eigenvalue weighted by Crippen LogP contribution is 2.32. The van der Waals surface area contributed by atoms with Gasteiger partial charge in [-0.2, -0.15) is 0 Å². The van der Waals surface area contributed by atoms with Crippen LogP contribution < -0.4 is 0 Å². The Bertz CT molecular complexity index is 1280. The van der Waals surface area contributed by atoms with Crippen LogP contribution in [0.3, 0.4) is 0 Å². The molecule has 4 aromatic rings. The first-order chi connectivity index (χ1) is 15.1. The van der Waals surface area contributed by atoms with Crippen LogP contribution in [-0.4, -0.2) is 17.3 Å². The first kappa shape index (κ1) is 20.7. The van der Waals surface area contributed by atoms with Crippen molar-refractivity contribution in [3.8, 4) is 0 Å². The molecule has 0 saturated heterocycles. The van der Waals surface area contributed by atoms with Crippen molar-refractivity contribution < 1.29 is 14.4 Å². The molecule has 0 fully saturated rings. The van der Waals surface area contributed by atoms with Crippen LogP contribution in [0.15, 0.2) is 84.9 Å². The van der Waals surface area contributed by atoms with Gasteiger partial charge in [0.1, 0.15) is 5.92 Å². The number of ketones is 3. The first-order valence-corrected chi connectivity index (χ1v) is 10.7. The number of carbonyl (C=O) groups is 3. The average molecular weight is 408 g/mol. The molecule has 3 heteroatoms. The highest BCUT2D eigenvalue weighted by molar-refractivity contribution is 6.45. The van der Waals surface area contributed by atoms with Crippen LogP contribution in [0.2, 0.25) is 0 Å². The van der Waals surface area contributed by atoms with E-state index in [0.29, 0.717) is 17.5 Å². The van der Waals surface area contributed by atoms with Crippen molar-refractivity contribution in [1.82, 2.24) is 0 Å². The van der Waals surface area contributed by atoms with E-state index in [-0.39, 0.29) is 12.2 Å². The van der Waals surface area contributed by atoms with Crippen molar-refractivity contribution in [2.24, 2.45) is 0 Å². The highest BCUT2D eigenvalue weighted by Gasteiger charge is 2.34. The molecule has 0 N–H and O–H groups in total. The summed E-state index contributed by atoms with van der Waals surface area (Å²) in [6.07, 6.45) is 1.62. The minimum atomic E-state index is -1.15. The standard InChI is InChI=1S/C28H24O3/c1-2-3-18-25(29)28(31)26(23-16-8-12-19-10-4-6-14-21(19)23)27(30)24-17-9-13-20-11-5-7-15-22(20)24/h4-17,26H,2-3,18H2,1H3. The predicted molar refractivity (Wildman–Crippen MR) is 125 cm³/mol. The fraction of sp³-hybridized carbons (Fsp3) is 0.179. The zero-order valence-electron chi connectivity index (χ0n) is 17.5. The van der Waals surface area contributed by atoms with Gasteiger partial charge in [-0.3, -0.25) is 14.4 Å². The molecule has 1 unspecified atom stereocenters. The molecule has 0 aliphatic carbocycles. The number of benzene rings is 4. The minimum Gasteiger partial charge on any atom is -0.293 e. The number of fused-ring (bicyclic) bond motifs is 2. The van der Waals surface area contributed by atoms with Gasteiger partial charge in [0.05, 0.1) is 0 Å². The molecule has 31 heavy (non-hydrogen) atoms. The van der Waals surface area contributed by atoms with Crippen LogP contribution >= 0.6 is 0 Å². The van der Waals surface area contributed by atoms with E-state index in [9.17, 15) is 14.4 Å². The summed E-state index contributed by atoms with van der Waals surface area (Å²) >= 11 is 0. The Labute approximate surface area is 181 Å². The molecule has 4 aromatic carbocycles. The monoisotopic (exact) mass is 408 g/mol. The zero-order chi connectivity index (χ0) is 21.8. The Morgan fingerprint density at radius 3 is 2.00 bits per heavy atom. The third-order valence-corrected chi connectivity index (χ3v) is 5.75. The molecule has 0 saturated carbocycles. The summed E-state index contributed by atoms with van der Waals surface area (Å²) in [6.45, 7) is 1.97. The minimum absolute atomic E-state index is 0.166. The van der Waals surface area contributed by atoms with E-state index in [1.165, 1.54) is 0 Å². The Morgan fingerprint density at radius 1 is 0.710 bits per heavy atom. The van der Waals surface area contributed by atoms with Crippen molar-refractivity contribution in [1.29, 1.82) is 0 Å². The lowest BCUT2D eigenvalue weighted by molar-refractivity contribution is -0.136. The molecule has 3 nitrogen and oxygen atoms in total. The number of rotatable bonds is 8. The second-order valence-electron chi connectivity index (χ2n) is 7.78. The zero-order valence-corrected chi connectivity index (χ0v) is 17.5. The van der Waals surface area contributed by atoms with Crippen molar-refractivity contribution in [3.63, 3.8) is 0 Å². The summed E-state index contributed by atoms with van der Waals surface area (Å²) in [7, 11) is 0. The van der Waals surface area contributed by atoms with Gasteiger partial charge in [-0.15, -0.1) is 0 Å². The topological polar surface area (TPSA) is 51.2 Å². The maximum absolute atomic E-state index is 13.8.